The predicted octanol–water partition coefficient (Wildman–Crippen LogP) is 0.944. The largest absolute Gasteiger partial charge is 0.394 e. The zero-order chi connectivity index (χ0) is 16.4. The van der Waals surface area contributed by atoms with Crippen molar-refractivity contribution in [3.63, 3.8) is 0 Å². The quantitative estimate of drug-likeness (QED) is 0.423. The smallest absolute Gasteiger partial charge is 0.186 e. The lowest BCUT2D eigenvalue weighted by Gasteiger charge is -2.39. The number of ether oxygens (including phenoxy) is 2. The molecule has 0 saturated carbocycles. The van der Waals surface area contributed by atoms with Gasteiger partial charge in [-0.3, -0.25) is 0 Å². The lowest BCUT2D eigenvalue weighted by molar-refractivity contribution is -0.301. The Labute approximate surface area is 133 Å². The van der Waals surface area contributed by atoms with Crippen LogP contribution in [-0.4, -0.2) is 64.3 Å². The summed E-state index contributed by atoms with van der Waals surface area (Å²) in [5, 5.41) is 38.2. The Morgan fingerprint density at radius 2 is 1.41 bits per heavy atom. The Balaban J connectivity index is 2.11. The number of aliphatic hydroxyl groups excluding tert-OH is 4. The minimum Gasteiger partial charge on any atom is -0.394 e. The fourth-order valence-corrected chi connectivity index (χ4v) is 2.64. The molecule has 1 saturated heterocycles. The molecule has 0 aliphatic carbocycles. The Hall–Kier alpha value is -0.240. The van der Waals surface area contributed by atoms with Gasteiger partial charge in [0.1, 0.15) is 24.4 Å². The molecule has 0 radical (unpaired) electrons. The maximum absolute atomic E-state index is 9.80. The maximum atomic E-state index is 9.80. The number of hydrogen-bond acceptors (Lipinski definition) is 6. The van der Waals surface area contributed by atoms with E-state index in [2.05, 4.69) is 6.92 Å². The minimum atomic E-state index is -1.37. The highest BCUT2D eigenvalue weighted by Gasteiger charge is 2.43. The Bertz CT molecular complexity index is 273. The standard InChI is InChI=1S/C16H32O6/c1-2-3-4-5-6-7-8-9-10-21-16-15(20)14(19)13(18)12(11-17)22-16/h12-20H,2-11H2,1H3/t12-,13-,14+,15+,16+/m1/s1. The predicted molar refractivity (Wildman–Crippen MR) is 82.3 cm³/mol. The molecule has 5 atom stereocenters. The van der Waals surface area contributed by atoms with Gasteiger partial charge in [0, 0.05) is 6.61 Å². The highest BCUT2D eigenvalue weighted by Crippen LogP contribution is 2.22. The summed E-state index contributed by atoms with van der Waals surface area (Å²) in [6.07, 6.45) is 3.58. The van der Waals surface area contributed by atoms with Crippen molar-refractivity contribution in [3.05, 3.63) is 0 Å². The normalized spacial score (nSPS) is 32.3. The van der Waals surface area contributed by atoms with Gasteiger partial charge in [-0.25, -0.2) is 0 Å². The van der Waals surface area contributed by atoms with E-state index < -0.39 is 37.3 Å². The van der Waals surface area contributed by atoms with Crippen LogP contribution in [0.4, 0.5) is 0 Å². The van der Waals surface area contributed by atoms with Crippen molar-refractivity contribution in [2.75, 3.05) is 13.2 Å². The van der Waals surface area contributed by atoms with E-state index in [0.29, 0.717) is 6.61 Å². The monoisotopic (exact) mass is 320 g/mol. The first kappa shape index (κ1) is 19.8. The third-order valence-electron chi connectivity index (χ3n) is 4.13. The molecule has 4 N–H and O–H groups in total. The van der Waals surface area contributed by atoms with Gasteiger partial charge in [0.25, 0.3) is 0 Å². The van der Waals surface area contributed by atoms with Gasteiger partial charge in [0.15, 0.2) is 6.29 Å². The molecule has 6 nitrogen and oxygen atoms in total. The zero-order valence-electron chi connectivity index (χ0n) is 13.6. The SMILES string of the molecule is CCCCCCCCCCO[C@H]1O[C@H](CO)[C@@H](O)[C@H](O)[C@@H]1O. The Kier molecular flexibility index (Phi) is 10.2. The second-order valence-electron chi connectivity index (χ2n) is 6.04. The number of unbranched alkanes of at least 4 members (excludes halogenated alkanes) is 7. The number of rotatable bonds is 11. The summed E-state index contributed by atoms with van der Waals surface area (Å²) in [5.74, 6) is 0. The third kappa shape index (κ3) is 6.48. The summed E-state index contributed by atoms with van der Waals surface area (Å²) in [4.78, 5) is 0. The van der Waals surface area contributed by atoms with Gasteiger partial charge in [0.05, 0.1) is 6.61 Å². The van der Waals surface area contributed by atoms with E-state index in [9.17, 15) is 15.3 Å². The Morgan fingerprint density at radius 3 is 2.00 bits per heavy atom. The van der Waals surface area contributed by atoms with E-state index in [0.717, 1.165) is 12.8 Å². The first-order valence-electron chi connectivity index (χ1n) is 8.54. The van der Waals surface area contributed by atoms with Crippen molar-refractivity contribution in [1.82, 2.24) is 0 Å². The third-order valence-corrected chi connectivity index (χ3v) is 4.13. The van der Waals surface area contributed by atoms with E-state index >= 15 is 0 Å². The molecule has 132 valence electrons. The molecule has 22 heavy (non-hydrogen) atoms. The molecule has 1 aliphatic rings. The van der Waals surface area contributed by atoms with Crippen LogP contribution in [0.2, 0.25) is 0 Å². The molecule has 1 aliphatic heterocycles. The molecule has 0 amide bonds. The zero-order valence-corrected chi connectivity index (χ0v) is 13.6. The van der Waals surface area contributed by atoms with Crippen molar-refractivity contribution >= 4 is 0 Å². The highest BCUT2D eigenvalue weighted by atomic mass is 16.7. The summed E-state index contributed by atoms with van der Waals surface area (Å²) in [7, 11) is 0. The summed E-state index contributed by atoms with van der Waals surface area (Å²) in [6.45, 7) is 2.20. The molecule has 0 aromatic carbocycles. The number of hydrogen-bond donors (Lipinski definition) is 4. The summed E-state index contributed by atoms with van der Waals surface area (Å²) < 4.78 is 10.7. The molecular formula is C16H32O6. The van der Waals surface area contributed by atoms with Gasteiger partial charge >= 0.3 is 0 Å². The van der Waals surface area contributed by atoms with Crippen LogP contribution in [0.3, 0.4) is 0 Å². The molecule has 1 fully saturated rings. The molecule has 0 bridgehead atoms. The van der Waals surface area contributed by atoms with E-state index in [1.165, 1.54) is 38.5 Å². The maximum Gasteiger partial charge on any atom is 0.186 e. The average Bonchev–Trinajstić information content (AvgIpc) is 2.53. The van der Waals surface area contributed by atoms with E-state index in [1.807, 2.05) is 0 Å². The molecule has 0 unspecified atom stereocenters. The van der Waals surface area contributed by atoms with Crippen LogP contribution in [-0.2, 0) is 9.47 Å². The average molecular weight is 320 g/mol. The molecular weight excluding hydrogens is 288 g/mol. The molecule has 1 rings (SSSR count). The number of aliphatic hydroxyl groups is 4. The summed E-state index contributed by atoms with van der Waals surface area (Å²) >= 11 is 0. The minimum absolute atomic E-state index is 0.428. The molecule has 0 spiro atoms. The summed E-state index contributed by atoms with van der Waals surface area (Å²) in [5.41, 5.74) is 0. The topological polar surface area (TPSA) is 99.4 Å². The van der Waals surface area contributed by atoms with Crippen molar-refractivity contribution in [3.8, 4) is 0 Å². The summed E-state index contributed by atoms with van der Waals surface area (Å²) in [6, 6.07) is 0. The van der Waals surface area contributed by atoms with Crippen molar-refractivity contribution in [2.45, 2.75) is 89.0 Å². The van der Waals surface area contributed by atoms with Gasteiger partial charge in [0.2, 0.25) is 0 Å². The van der Waals surface area contributed by atoms with Crippen LogP contribution in [0.25, 0.3) is 0 Å². The second kappa shape index (κ2) is 11.3. The molecule has 1 heterocycles. The van der Waals surface area contributed by atoms with Gasteiger partial charge in [-0.15, -0.1) is 0 Å². The second-order valence-corrected chi connectivity index (χ2v) is 6.04. The van der Waals surface area contributed by atoms with Crippen LogP contribution in [0.15, 0.2) is 0 Å². The van der Waals surface area contributed by atoms with Crippen LogP contribution >= 0.6 is 0 Å². The van der Waals surface area contributed by atoms with Crippen LogP contribution in [0.1, 0.15) is 58.3 Å². The molecule has 6 heteroatoms. The Morgan fingerprint density at radius 1 is 0.818 bits per heavy atom. The highest BCUT2D eigenvalue weighted by molar-refractivity contribution is 4.88. The molecule has 0 aromatic heterocycles. The lowest BCUT2D eigenvalue weighted by Crippen LogP contribution is -2.59. The van der Waals surface area contributed by atoms with Crippen LogP contribution < -0.4 is 0 Å². The first-order valence-corrected chi connectivity index (χ1v) is 8.54. The van der Waals surface area contributed by atoms with E-state index in [-0.39, 0.29) is 0 Å². The first-order chi connectivity index (χ1) is 10.6. The lowest BCUT2D eigenvalue weighted by atomic mass is 9.99. The van der Waals surface area contributed by atoms with E-state index in [4.69, 9.17) is 14.6 Å². The van der Waals surface area contributed by atoms with Crippen LogP contribution in [0, 0.1) is 0 Å². The molecule has 0 aromatic rings. The fraction of sp³-hybridized carbons (Fsp3) is 1.00. The van der Waals surface area contributed by atoms with Gasteiger partial charge in [-0.2, -0.15) is 0 Å². The van der Waals surface area contributed by atoms with Crippen molar-refractivity contribution < 1.29 is 29.9 Å². The van der Waals surface area contributed by atoms with E-state index in [1.54, 1.807) is 0 Å². The van der Waals surface area contributed by atoms with Gasteiger partial charge < -0.3 is 29.9 Å². The van der Waals surface area contributed by atoms with Crippen molar-refractivity contribution in [2.24, 2.45) is 0 Å². The fourth-order valence-electron chi connectivity index (χ4n) is 2.64. The van der Waals surface area contributed by atoms with Crippen molar-refractivity contribution in [1.29, 1.82) is 0 Å². The van der Waals surface area contributed by atoms with Gasteiger partial charge in [-0.1, -0.05) is 51.9 Å². The van der Waals surface area contributed by atoms with Gasteiger partial charge in [-0.05, 0) is 6.42 Å². The van der Waals surface area contributed by atoms with Crippen LogP contribution in [0.5, 0.6) is 0 Å².